The van der Waals surface area contributed by atoms with Gasteiger partial charge in [-0.15, -0.1) is 0 Å². The van der Waals surface area contributed by atoms with Gasteiger partial charge in [-0.3, -0.25) is 0 Å². The van der Waals surface area contributed by atoms with E-state index in [1.807, 2.05) is 4.90 Å². The second-order valence-electron chi connectivity index (χ2n) is 5.71. The maximum atomic E-state index is 12.3. The maximum Gasteiger partial charge on any atom is 0.321 e. The average molecular weight is 279 g/mol. The summed E-state index contributed by atoms with van der Waals surface area (Å²) < 4.78 is 4.99. The molecular weight excluding hydrogens is 254 g/mol. The van der Waals surface area contributed by atoms with Crippen molar-refractivity contribution in [2.75, 3.05) is 25.5 Å². The van der Waals surface area contributed by atoms with E-state index in [4.69, 9.17) is 4.74 Å². The average Bonchev–Trinajstić information content (AvgIpc) is 2.37. The fraction of sp³-hybridized carbons (Fsp3) is 0.600. The third kappa shape index (κ3) is 5.47. The molecule has 0 aliphatic heterocycles. The molecule has 0 aromatic carbocycles. The van der Waals surface area contributed by atoms with Gasteiger partial charge < -0.3 is 15.0 Å². The fourth-order valence-electron chi connectivity index (χ4n) is 1.90. The topological polar surface area (TPSA) is 54.5 Å². The van der Waals surface area contributed by atoms with Crippen LogP contribution in [0.15, 0.2) is 18.3 Å². The highest BCUT2D eigenvalue weighted by atomic mass is 16.5. The first-order valence-corrected chi connectivity index (χ1v) is 6.98. The number of methoxy groups -OCH3 is 1. The zero-order valence-corrected chi connectivity index (χ0v) is 13.0. The van der Waals surface area contributed by atoms with Gasteiger partial charge in [-0.2, -0.15) is 0 Å². The Morgan fingerprint density at radius 2 is 1.85 bits per heavy atom. The third-order valence-corrected chi connectivity index (χ3v) is 2.66. The number of ether oxygens (including phenoxy) is 1. The van der Waals surface area contributed by atoms with Crippen LogP contribution in [0.4, 0.5) is 10.5 Å². The first kappa shape index (κ1) is 16.3. The molecule has 0 spiro atoms. The molecule has 1 aromatic rings. The number of rotatable bonds is 6. The highest BCUT2D eigenvalue weighted by molar-refractivity contribution is 5.89. The number of nitrogens with one attached hydrogen (secondary N) is 1. The van der Waals surface area contributed by atoms with Crippen molar-refractivity contribution in [3.63, 3.8) is 0 Å². The Labute approximate surface area is 121 Å². The van der Waals surface area contributed by atoms with Crippen molar-refractivity contribution in [1.82, 2.24) is 9.88 Å². The lowest BCUT2D eigenvalue weighted by Gasteiger charge is -2.26. The molecule has 0 atom stereocenters. The monoisotopic (exact) mass is 279 g/mol. The Hall–Kier alpha value is -1.78. The summed E-state index contributed by atoms with van der Waals surface area (Å²) in [6.07, 6.45) is 1.60. The molecule has 0 bridgehead atoms. The van der Waals surface area contributed by atoms with Crippen molar-refractivity contribution in [3.05, 3.63) is 18.3 Å². The number of carbonyl (C=O) groups excluding carboxylic acids is 1. The number of hydrogen-bond donors (Lipinski definition) is 1. The molecule has 20 heavy (non-hydrogen) atoms. The fourth-order valence-corrected chi connectivity index (χ4v) is 1.90. The summed E-state index contributed by atoms with van der Waals surface area (Å²) >= 11 is 0. The van der Waals surface area contributed by atoms with Gasteiger partial charge in [0.2, 0.25) is 5.88 Å². The van der Waals surface area contributed by atoms with Crippen LogP contribution in [-0.4, -0.2) is 36.1 Å². The van der Waals surface area contributed by atoms with E-state index in [1.54, 1.807) is 25.4 Å². The van der Waals surface area contributed by atoms with E-state index in [-0.39, 0.29) is 6.03 Å². The van der Waals surface area contributed by atoms with Gasteiger partial charge in [-0.25, -0.2) is 9.78 Å². The summed E-state index contributed by atoms with van der Waals surface area (Å²) in [6, 6.07) is 3.43. The Balaban J connectivity index is 2.68. The molecule has 1 aromatic heterocycles. The molecule has 0 saturated heterocycles. The van der Waals surface area contributed by atoms with Crippen LogP contribution in [0.3, 0.4) is 0 Å². The van der Waals surface area contributed by atoms with Crippen molar-refractivity contribution in [2.24, 2.45) is 11.8 Å². The normalized spacial score (nSPS) is 10.8. The van der Waals surface area contributed by atoms with Crippen LogP contribution in [0.2, 0.25) is 0 Å². The molecule has 1 heterocycles. The maximum absolute atomic E-state index is 12.3. The molecule has 0 aliphatic carbocycles. The summed E-state index contributed by atoms with van der Waals surface area (Å²) in [5.41, 5.74) is 0.674. The lowest BCUT2D eigenvalue weighted by atomic mass is 10.1. The first-order valence-electron chi connectivity index (χ1n) is 6.98. The van der Waals surface area contributed by atoms with E-state index in [1.165, 1.54) is 0 Å². The molecule has 112 valence electrons. The number of aromatic nitrogens is 1. The lowest BCUT2D eigenvalue weighted by molar-refractivity contribution is 0.196. The molecule has 5 heteroatoms. The minimum absolute atomic E-state index is 0.0839. The molecule has 2 amide bonds. The highest BCUT2D eigenvalue weighted by Crippen LogP contribution is 2.13. The number of pyridine rings is 1. The van der Waals surface area contributed by atoms with E-state index in [0.29, 0.717) is 23.4 Å². The van der Waals surface area contributed by atoms with Crippen molar-refractivity contribution in [1.29, 1.82) is 0 Å². The molecule has 0 saturated carbocycles. The van der Waals surface area contributed by atoms with Crippen LogP contribution in [-0.2, 0) is 0 Å². The Kier molecular flexibility index (Phi) is 6.28. The van der Waals surface area contributed by atoms with Gasteiger partial charge >= 0.3 is 6.03 Å². The summed E-state index contributed by atoms with van der Waals surface area (Å²) in [5.74, 6) is 1.41. The summed E-state index contributed by atoms with van der Waals surface area (Å²) in [5, 5.41) is 2.87. The molecule has 0 fully saturated rings. The van der Waals surface area contributed by atoms with Gasteiger partial charge in [0.1, 0.15) is 0 Å². The van der Waals surface area contributed by atoms with Gasteiger partial charge in [0.25, 0.3) is 0 Å². The van der Waals surface area contributed by atoms with Crippen LogP contribution in [0.25, 0.3) is 0 Å². The SMILES string of the molecule is COc1ccc(NC(=O)N(CC(C)C)CC(C)C)cn1. The van der Waals surface area contributed by atoms with Crippen LogP contribution < -0.4 is 10.1 Å². The molecule has 0 radical (unpaired) electrons. The minimum atomic E-state index is -0.0839. The van der Waals surface area contributed by atoms with Crippen molar-refractivity contribution in [3.8, 4) is 5.88 Å². The smallest absolute Gasteiger partial charge is 0.321 e. The van der Waals surface area contributed by atoms with Gasteiger partial charge in [0, 0.05) is 19.2 Å². The number of hydrogen-bond acceptors (Lipinski definition) is 3. The van der Waals surface area contributed by atoms with Gasteiger partial charge in [-0.05, 0) is 17.9 Å². The Morgan fingerprint density at radius 1 is 1.25 bits per heavy atom. The summed E-state index contributed by atoms with van der Waals surface area (Å²) in [7, 11) is 1.56. The Bertz CT molecular complexity index is 406. The number of carbonyl (C=O) groups is 1. The largest absolute Gasteiger partial charge is 0.481 e. The minimum Gasteiger partial charge on any atom is -0.481 e. The third-order valence-electron chi connectivity index (χ3n) is 2.66. The molecular formula is C15H25N3O2. The van der Waals surface area contributed by atoms with E-state index in [0.717, 1.165) is 13.1 Å². The lowest BCUT2D eigenvalue weighted by Crippen LogP contribution is -2.39. The number of nitrogens with zero attached hydrogens (tertiary/aromatic N) is 2. The van der Waals surface area contributed by atoms with E-state index < -0.39 is 0 Å². The van der Waals surface area contributed by atoms with Crippen molar-refractivity contribution < 1.29 is 9.53 Å². The predicted molar refractivity (Wildman–Crippen MR) is 81.1 cm³/mol. The van der Waals surface area contributed by atoms with Crippen LogP contribution in [0, 0.1) is 11.8 Å². The van der Waals surface area contributed by atoms with Gasteiger partial charge in [0.05, 0.1) is 19.0 Å². The van der Waals surface area contributed by atoms with Crippen LogP contribution in [0.1, 0.15) is 27.7 Å². The van der Waals surface area contributed by atoms with Crippen LogP contribution in [0.5, 0.6) is 5.88 Å². The van der Waals surface area contributed by atoms with Crippen molar-refractivity contribution in [2.45, 2.75) is 27.7 Å². The van der Waals surface area contributed by atoms with Gasteiger partial charge in [-0.1, -0.05) is 27.7 Å². The summed E-state index contributed by atoms with van der Waals surface area (Å²) in [6.45, 7) is 9.91. The second-order valence-corrected chi connectivity index (χ2v) is 5.71. The molecule has 5 nitrogen and oxygen atoms in total. The summed E-state index contributed by atoms with van der Waals surface area (Å²) in [4.78, 5) is 18.2. The standard InChI is InChI=1S/C15H25N3O2/c1-11(2)9-18(10-12(3)4)15(19)17-13-6-7-14(20-5)16-8-13/h6-8,11-12H,9-10H2,1-5H3,(H,17,19). The van der Waals surface area contributed by atoms with Crippen LogP contribution >= 0.6 is 0 Å². The zero-order valence-electron chi connectivity index (χ0n) is 13.0. The van der Waals surface area contributed by atoms with E-state index >= 15 is 0 Å². The van der Waals surface area contributed by atoms with E-state index in [2.05, 4.69) is 38.0 Å². The number of amides is 2. The molecule has 0 unspecified atom stereocenters. The number of anilines is 1. The molecule has 0 aliphatic rings. The quantitative estimate of drug-likeness (QED) is 0.869. The molecule has 1 rings (SSSR count). The highest BCUT2D eigenvalue weighted by Gasteiger charge is 2.16. The second kappa shape index (κ2) is 7.72. The Morgan fingerprint density at radius 3 is 2.25 bits per heavy atom. The van der Waals surface area contributed by atoms with Gasteiger partial charge in [0.15, 0.2) is 0 Å². The van der Waals surface area contributed by atoms with E-state index in [9.17, 15) is 4.79 Å². The number of urea groups is 1. The zero-order chi connectivity index (χ0) is 15.1. The first-order chi connectivity index (χ1) is 9.42. The predicted octanol–water partition coefficient (Wildman–Crippen LogP) is 3.24. The molecule has 1 N–H and O–H groups in total. The van der Waals surface area contributed by atoms with Crippen molar-refractivity contribution >= 4 is 11.7 Å².